The van der Waals surface area contributed by atoms with Crippen LogP contribution in [0.4, 0.5) is 11.4 Å². The first-order valence-corrected chi connectivity index (χ1v) is 11.3. The van der Waals surface area contributed by atoms with Gasteiger partial charge < -0.3 is 10.6 Å². The van der Waals surface area contributed by atoms with Gasteiger partial charge in [-0.1, -0.05) is 72.8 Å². The van der Waals surface area contributed by atoms with Gasteiger partial charge in [0.25, 0.3) is 0 Å². The van der Waals surface area contributed by atoms with E-state index < -0.39 is 0 Å². The van der Waals surface area contributed by atoms with E-state index in [1.54, 1.807) is 0 Å². The zero-order chi connectivity index (χ0) is 21.9. The smallest absolute Gasteiger partial charge is 0.227 e. The lowest BCUT2D eigenvalue weighted by Gasteiger charge is -2.27. The fourth-order valence-corrected chi connectivity index (χ4v) is 4.76. The first-order chi connectivity index (χ1) is 15.7. The van der Waals surface area contributed by atoms with Crippen LogP contribution < -0.4 is 10.6 Å². The number of hydrogen-bond donors (Lipinski definition) is 2. The van der Waals surface area contributed by atoms with Crippen LogP contribution in [-0.2, 0) is 9.59 Å². The summed E-state index contributed by atoms with van der Waals surface area (Å²) in [6, 6.07) is 28.0. The Hall–Kier alpha value is -3.66. The molecule has 0 heterocycles. The molecule has 2 amide bonds. The zero-order valence-corrected chi connectivity index (χ0v) is 17.9. The number of rotatable bonds is 4. The standard InChI is InChI=1S/C28H26N2O2/c31-27(29-25-13-5-9-19-7-1-3-11-23(19)25)21-15-17-22(18-16-21)28(32)30-26-14-6-10-20-8-2-4-12-24(20)26/h1-14,21-22H,15-18H2,(H,29,31)(H,30,32). The summed E-state index contributed by atoms with van der Waals surface area (Å²) < 4.78 is 0. The number of fused-ring (bicyclic) bond motifs is 2. The van der Waals surface area contributed by atoms with Crippen LogP contribution in [0.2, 0.25) is 0 Å². The van der Waals surface area contributed by atoms with Crippen LogP contribution in [0.3, 0.4) is 0 Å². The average molecular weight is 423 g/mol. The fraction of sp³-hybridized carbons (Fsp3) is 0.214. The van der Waals surface area contributed by atoms with Crippen molar-refractivity contribution >= 4 is 44.7 Å². The highest BCUT2D eigenvalue weighted by molar-refractivity contribution is 6.04. The first kappa shape index (κ1) is 20.3. The molecular formula is C28H26N2O2. The molecule has 1 fully saturated rings. The van der Waals surface area contributed by atoms with Crippen LogP contribution in [0, 0.1) is 11.8 Å². The van der Waals surface area contributed by atoms with E-state index >= 15 is 0 Å². The van der Waals surface area contributed by atoms with E-state index in [9.17, 15) is 9.59 Å². The second-order valence-electron chi connectivity index (χ2n) is 8.58. The summed E-state index contributed by atoms with van der Waals surface area (Å²) in [5.41, 5.74) is 1.70. The van der Waals surface area contributed by atoms with Gasteiger partial charge in [-0.05, 0) is 48.6 Å². The molecule has 0 spiro atoms. The predicted molar refractivity (Wildman–Crippen MR) is 131 cm³/mol. The Morgan fingerprint density at radius 3 is 1.34 bits per heavy atom. The van der Waals surface area contributed by atoms with Gasteiger partial charge in [-0.25, -0.2) is 0 Å². The van der Waals surface area contributed by atoms with Crippen molar-refractivity contribution in [3.63, 3.8) is 0 Å². The minimum Gasteiger partial charge on any atom is -0.325 e. The Labute approximate surface area is 187 Å². The van der Waals surface area contributed by atoms with E-state index in [1.807, 2.05) is 84.9 Å². The fourth-order valence-electron chi connectivity index (χ4n) is 4.76. The monoisotopic (exact) mass is 422 g/mol. The van der Waals surface area contributed by atoms with E-state index in [-0.39, 0.29) is 23.7 Å². The lowest BCUT2D eigenvalue weighted by atomic mass is 9.81. The van der Waals surface area contributed by atoms with Gasteiger partial charge in [0.15, 0.2) is 0 Å². The van der Waals surface area contributed by atoms with Crippen molar-refractivity contribution < 1.29 is 9.59 Å². The summed E-state index contributed by atoms with van der Waals surface area (Å²) in [7, 11) is 0. The molecule has 32 heavy (non-hydrogen) atoms. The van der Waals surface area contributed by atoms with Gasteiger partial charge in [-0.3, -0.25) is 9.59 Å². The van der Waals surface area contributed by atoms with Gasteiger partial charge in [0, 0.05) is 34.0 Å². The van der Waals surface area contributed by atoms with E-state index in [1.165, 1.54) is 0 Å². The van der Waals surface area contributed by atoms with Gasteiger partial charge in [0.05, 0.1) is 0 Å². The quantitative estimate of drug-likeness (QED) is 0.401. The van der Waals surface area contributed by atoms with E-state index in [2.05, 4.69) is 10.6 Å². The molecule has 4 aromatic rings. The third kappa shape index (κ3) is 4.09. The lowest BCUT2D eigenvalue weighted by molar-refractivity contribution is -0.125. The van der Waals surface area contributed by atoms with Crippen LogP contribution in [0.1, 0.15) is 25.7 Å². The third-order valence-corrected chi connectivity index (χ3v) is 6.56. The molecule has 1 saturated carbocycles. The number of carbonyl (C=O) groups excluding carboxylic acids is 2. The van der Waals surface area contributed by atoms with Crippen molar-refractivity contribution in [1.82, 2.24) is 0 Å². The molecule has 0 unspecified atom stereocenters. The Bertz CT molecular complexity index is 1180. The topological polar surface area (TPSA) is 58.2 Å². The van der Waals surface area contributed by atoms with E-state index in [4.69, 9.17) is 0 Å². The molecule has 2 N–H and O–H groups in total. The molecule has 1 aliphatic rings. The largest absolute Gasteiger partial charge is 0.325 e. The Kier molecular flexibility index (Phi) is 5.59. The molecule has 0 aromatic heterocycles. The van der Waals surface area contributed by atoms with Gasteiger partial charge in [-0.15, -0.1) is 0 Å². The maximum Gasteiger partial charge on any atom is 0.227 e. The van der Waals surface area contributed by atoms with E-state index in [0.717, 1.165) is 58.6 Å². The number of amides is 2. The van der Waals surface area contributed by atoms with Crippen LogP contribution >= 0.6 is 0 Å². The van der Waals surface area contributed by atoms with Crippen molar-refractivity contribution in [2.75, 3.05) is 10.6 Å². The molecule has 160 valence electrons. The second kappa shape index (κ2) is 8.83. The molecule has 4 nitrogen and oxygen atoms in total. The highest BCUT2D eigenvalue weighted by Crippen LogP contribution is 2.32. The SMILES string of the molecule is O=C(Nc1cccc2ccccc12)C1CCC(C(=O)Nc2cccc3ccccc23)CC1. The normalized spacial score (nSPS) is 18.4. The number of benzene rings is 4. The van der Waals surface area contributed by atoms with Crippen molar-refractivity contribution in [1.29, 1.82) is 0 Å². The molecule has 4 heteroatoms. The van der Waals surface area contributed by atoms with Crippen molar-refractivity contribution in [2.24, 2.45) is 11.8 Å². The third-order valence-electron chi connectivity index (χ3n) is 6.56. The van der Waals surface area contributed by atoms with Crippen LogP contribution in [0.25, 0.3) is 21.5 Å². The molecular weight excluding hydrogens is 396 g/mol. The van der Waals surface area contributed by atoms with Gasteiger partial charge >= 0.3 is 0 Å². The van der Waals surface area contributed by atoms with Crippen LogP contribution in [0.5, 0.6) is 0 Å². The van der Waals surface area contributed by atoms with Crippen molar-refractivity contribution in [3.8, 4) is 0 Å². The second-order valence-corrected chi connectivity index (χ2v) is 8.58. The summed E-state index contributed by atoms with van der Waals surface area (Å²) in [6.07, 6.45) is 2.91. The summed E-state index contributed by atoms with van der Waals surface area (Å²) in [5.74, 6) is -0.0188. The molecule has 0 aliphatic heterocycles. The van der Waals surface area contributed by atoms with Crippen LogP contribution in [-0.4, -0.2) is 11.8 Å². The summed E-state index contributed by atoms with van der Waals surface area (Å²) in [6.45, 7) is 0. The Morgan fingerprint density at radius 1 is 0.531 bits per heavy atom. The summed E-state index contributed by atoms with van der Waals surface area (Å²) in [4.78, 5) is 25.8. The minimum absolute atomic E-state index is 0.0502. The molecule has 0 saturated heterocycles. The Morgan fingerprint density at radius 2 is 0.906 bits per heavy atom. The van der Waals surface area contributed by atoms with Crippen molar-refractivity contribution in [3.05, 3.63) is 84.9 Å². The number of carbonyl (C=O) groups is 2. The molecule has 4 aromatic carbocycles. The maximum absolute atomic E-state index is 12.9. The van der Waals surface area contributed by atoms with Gasteiger partial charge in [0.2, 0.25) is 11.8 Å². The lowest BCUT2D eigenvalue weighted by Crippen LogP contribution is -2.32. The Balaban J connectivity index is 1.21. The van der Waals surface area contributed by atoms with E-state index in [0.29, 0.717) is 0 Å². The van der Waals surface area contributed by atoms with Gasteiger partial charge in [-0.2, -0.15) is 0 Å². The van der Waals surface area contributed by atoms with Crippen molar-refractivity contribution in [2.45, 2.75) is 25.7 Å². The molecule has 5 rings (SSSR count). The highest BCUT2D eigenvalue weighted by atomic mass is 16.2. The van der Waals surface area contributed by atoms with Crippen LogP contribution in [0.15, 0.2) is 84.9 Å². The molecule has 0 atom stereocenters. The summed E-state index contributed by atoms with van der Waals surface area (Å²) >= 11 is 0. The number of anilines is 2. The molecule has 1 aliphatic carbocycles. The maximum atomic E-state index is 12.9. The number of hydrogen-bond acceptors (Lipinski definition) is 2. The zero-order valence-electron chi connectivity index (χ0n) is 17.9. The molecule has 0 bridgehead atoms. The minimum atomic E-state index is -0.0597. The highest BCUT2D eigenvalue weighted by Gasteiger charge is 2.30. The predicted octanol–water partition coefficient (Wildman–Crippen LogP) is 6.38. The van der Waals surface area contributed by atoms with Gasteiger partial charge in [0.1, 0.15) is 0 Å². The molecule has 0 radical (unpaired) electrons. The summed E-state index contributed by atoms with van der Waals surface area (Å²) in [5, 5.41) is 10.6. The first-order valence-electron chi connectivity index (χ1n) is 11.3. The average Bonchev–Trinajstić information content (AvgIpc) is 2.84. The number of nitrogens with one attached hydrogen (secondary N) is 2.